The molecule has 0 amide bonds. The third-order valence-corrected chi connectivity index (χ3v) is 3.58. The van der Waals surface area contributed by atoms with Crippen molar-refractivity contribution >= 4 is 32.7 Å². The molecule has 0 aliphatic heterocycles. The van der Waals surface area contributed by atoms with Crippen LogP contribution in [0.25, 0.3) is 11.0 Å². The quantitative estimate of drug-likeness (QED) is 0.698. The molecule has 0 aliphatic carbocycles. The van der Waals surface area contributed by atoms with Gasteiger partial charge in [-0.3, -0.25) is 4.79 Å². The molecule has 3 rings (SSSR count). The first kappa shape index (κ1) is 12.0. The number of carbonyl (C=O) groups is 1. The lowest BCUT2D eigenvalue weighted by atomic mass is 10.1. The molecule has 5 heteroatoms. The summed E-state index contributed by atoms with van der Waals surface area (Å²) in [7, 11) is 0. The molecule has 0 radical (unpaired) electrons. The van der Waals surface area contributed by atoms with Crippen LogP contribution in [-0.4, -0.2) is 20.8 Å². The van der Waals surface area contributed by atoms with Crippen LogP contribution in [0.4, 0.5) is 0 Å². The second kappa shape index (κ2) is 4.93. The summed E-state index contributed by atoms with van der Waals surface area (Å²) < 4.78 is 2.42. The van der Waals surface area contributed by atoms with Crippen molar-refractivity contribution in [2.24, 2.45) is 0 Å². The van der Waals surface area contributed by atoms with E-state index >= 15 is 0 Å². The maximum atomic E-state index is 12.3. The lowest BCUT2D eigenvalue weighted by Crippen LogP contribution is -2.12. The van der Waals surface area contributed by atoms with Gasteiger partial charge in [0, 0.05) is 10.0 Å². The highest BCUT2D eigenvalue weighted by Gasteiger charge is 2.12. The summed E-state index contributed by atoms with van der Waals surface area (Å²) in [5.74, 6) is 0.00290. The molecule has 19 heavy (non-hydrogen) atoms. The van der Waals surface area contributed by atoms with Crippen LogP contribution in [0.15, 0.2) is 53.0 Å². The van der Waals surface area contributed by atoms with Crippen LogP contribution in [-0.2, 0) is 6.54 Å². The molecule has 0 N–H and O–H groups in total. The number of halogens is 1. The Hall–Kier alpha value is -2.01. The highest BCUT2D eigenvalue weighted by atomic mass is 79.9. The van der Waals surface area contributed by atoms with Crippen molar-refractivity contribution in [3.8, 4) is 0 Å². The molecule has 0 unspecified atom stereocenters. The first-order valence-corrected chi connectivity index (χ1v) is 6.61. The molecule has 3 aromatic rings. The van der Waals surface area contributed by atoms with E-state index in [1.165, 1.54) is 0 Å². The predicted octanol–water partition coefficient (Wildman–Crippen LogP) is 3.08. The first-order chi connectivity index (χ1) is 9.25. The molecule has 0 fully saturated rings. The molecule has 0 atom stereocenters. The maximum Gasteiger partial charge on any atom is 0.185 e. The number of aromatic nitrogens is 3. The van der Waals surface area contributed by atoms with E-state index in [0.717, 1.165) is 15.5 Å². The minimum absolute atomic E-state index is 0.00290. The van der Waals surface area contributed by atoms with Crippen molar-refractivity contribution in [3.63, 3.8) is 0 Å². The van der Waals surface area contributed by atoms with Crippen molar-refractivity contribution < 1.29 is 4.79 Å². The smallest absolute Gasteiger partial charge is 0.185 e. The summed E-state index contributed by atoms with van der Waals surface area (Å²) in [4.78, 5) is 12.3. The minimum Gasteiger partial charge on any atom is -0.292 e. The Morgan fingerprint density at radius 1 is 1.11 bits per heavy atom. The topological polar surface area (TPSA) is 47.8 Å². The number of hydrogen-bond acceptors (Lipinski definition) is 3. The zero-order valence-corrected chi connectivity index (χ0v) is 11.5. The van der Waals surface area contributed by atoms with Gasteiger partial charge in [0.05, 0.1) is 5.52 Å². The number of hydrogen-bond donors (Lipinski definition) is 0. The van der Waals surface area contributed by atoms with E-state index in [1.54, 1.807) is 10.7 Å². The van der Waals surface area contributed by atoms with Gasteiger partial charge in [0.1, 0.15) is 12.1 Å². The van der Waals surface area contributed by atoms with Gasteiger partial charge in [-0.25, -0.2) is 4.68 Å². The second-order valence-electron chi connectivity index (χ2n) is 4.14. The third kappa shape index (κ3) is 2.29. The fourth-order valence-corrected chi connectivity index (χ4v) is 2.45. The van der Waals surface area contributed by atoms with Gasteiger partial charge in [0.25, 0.3) is 0 Å². The molecule has 94 valence electrons. The van der Waals surface area contributed by atoms with Gasteiger partial charge in [-0.1, -0.05) is 51.5 Å². The van der Waals surface area contributed by atoms with Crippen LogP contribution >= 0.6 is 15.9 Å². The van der Waals surface area contributed by atoms with E-state index in [4.69, 9.17) is 0 Å². The Labute approximate surface area is 118 Å². The standard InChI is InChI=1S/C14H10BrN3O/c15-11-6-2-1-5-10(11)14(19)9-18-13-8-4-3-7-12(13)16-17-18/h1-8H,9H2. The molecular weight excluding hydrogens is 306 g/mol. The summed E-state index contributed by atoms with van der Waals surface area (Å²) in [6.45, 7) is 0.184. The molecule has 4 nitrogen and oxygen atoms in total. The molecule has 1 heterocycles. The average molecular weight is 316 g/mol. The number of ketones is 1. The van der Waals surface area contributed by atoms with Gasteiger partial charge in [0.2, 0.25) is 0 Å². The fraction of sp³-hybridized carbons (Fsp3) is 0.0714. The molecule has 2 aromatic carbocycles. The van der Waals surface area contributed by atoms with Crippen molar-refractivity contribution in [1.82, 2.24) is 15.0 Å². The lowest BCUT2D eigenvalue weighted by Gasteiger charge is -2.04. The molecule has 0 saturated heterocycles. The SMILES string of the molecule is O=C(Cn1nnc2ccccc21)c1ccccc1Br. The number of benzene rings is 2. The summed E-state index contributed by atoms with van der Waals surface area (Å²) in [6, 6.07) is 15.0. The van der Waals surface area contributed by atoms with E-state index in [0.29, 0.717) is 5.56 Å². The van der Waals surface area contributed by atoms with Gasteiger partial charge < -0.3 is 0 Å². The Morgan fingerprint density at radius 2 is 1.84 bits per heavy atom. The van der Waals surface area contributed by atoms with Crippen LogP contribution in [0.1, 0.15) is 10.4 Å². The van der Waals surface area contributed by atoms with Crippen LogP contribution in [0.2, 0.25) is 0 Å². The number of Topliss-reactive ketones (excluding diaryl/α,β-unsaturated/α-hetero) is 1. The van der Waals surface area contributed by atoms with E-state index in [-0.39, 0.29) is 12.3 Å². The van der Waals surface area contributed by atoms with Gasteiger partial charge in [-0.2, -0.15) is 0 Å². The number of para-hydroxylation sites is 1. The first-order valence-electron chi connectivity index (χ1n) is 5.81. The largest absolute Gasteiger partial charge is 0.292 e. The van der Waals surface area contributed by atoms with E-state index in [9.17, 15) is 4.79 Å². The molecule has 0 bridgehead atoms. The molecule has 1 aromatic heterocycles. The monoisotopic (exact) mass is 315 g/mol. The van der Waals surface area contributed by atoms with Crippen LogP contribution in [0.5, 0.6) is 0 Å². The Balaban J connectivity index is 1.94. The summed E-state index contributed by atoms with van der Waals surface area (Å²) in [6.07, 6.45) is 0. The Morgan fingerprint density at radius 3 is 2.68 bits per heavy atom. The van der Waals surface area contributed by atoms with E-state index < -0.39 is 0 Å². The number of rotatable bonds is 3. The third-order valence-electron chi connectivity index (χ3n) is 2.89. The van der Waals surface area contributed by atoms with E-state index in [2.05, 4.69) is 26.2 Å². The fourth-order valence-electron chi connectivity index (χ4n) is 1.94. The Bertz CT molecular complexity index is 751. The zero-order valence-electron chi connectivity index (χ0n) is 9.95. The highest BCUT2D eigenvalue weighted by Crippen LogP contribution is 2.18. The van der Waals surface area contributed by atoms with Crippen molar-refractivity contribution in [2.75, 3.05) is 0 Å². The highest BCUT2D eigenvalue weighted by molar-refractivity contribution is 9.10. The molecule has 0 saturated carbocycles. The minimum atomic E-state index is 0.00290. The van der Waals surface area contributed by atoms with Crippen molar-refractivity contribution in [2.45, 2.75) is 6.54 Å². The number of nitrogens with zero attached hydrogens (tertiary/aromatic N) is 3. The summed E-state index contributed by atoms with van der Waals surface area (Å²) in [5.41, 5.74) is 2.31. The normalized spacial score (nSPS) is 10.8. The lowest BCUT2D eigenvalue weighted by molar-refractivity contribution is 0.0967. The van der Waals surface area contributed by atoms with Gasteiger partial charge in [-0.05, 0) is 18.2 Å². The van der Waals surface area contributed by atoms with Crippen molar-refractivity contribution in [1.29, 1.82) is 0 Å². The maximum absolute atomic E-state index is 12.3. The van der Waals surface area contributed by atoms with Gasteiger partial charge in [0.15, 0.2) is 5.78 Å². The Kier molecular flexibility index (Phi) is 3.13. The van der Waals surface area contributed by atoms with Gasteiger partial charge >= 0.3 is 0 Å². The molecule has 0 aliphatic rings. The van der Waals surface area contributed by atoms with Crippen LogP contribution < -0.4 is 0 Å². The molecule has 0 spiro atoms. The number of carbonyl (C=O) groups excluding carboxylic acids is 1. The average Bonchev–Trinajstić information content (AvgIpc) is 2.83. The van der Waals surface area contributed by atoms with Crippen LogP contribution in [0.3, 0.4) is 0 Å². The predicted molar refractivity (Wildman–Crippen MR) is 76.0 cm³/mol. The van der Waals surface area contributed by atoms with Gasteiger partial charge in [-0.15, -0.1) is 5.10 Å². The molecular formula is C14H10BrN3O. The zero-order chi connectivity index (χ0) is 13.2. The van der Waals surface area contributed by atoms with Crippen LogP contribution in [0, 0.1) is 0 Å². The second-order valence-corrected chi connectivity index (χ2v) is 4.99. The summed E-state index contributed by atoms with van der Waals surface area (Å²) >= 11 is 3.38. The van der Waals surface area contributed by atoms with E-state index in [1.807, 2.05) is 42.5 Å². The van der Waals surface area contributed by atoms with Crippen molar-refractivity contribution in [3.05, 3.63) is 58.6 Å². The summed E-state index contributed by atoms with van der Waals surface area (Å²) in [5, 5.41) is 8.06. The number of fused-ring (bicyclic) bond motifs is 1.